The van der Waals surface area contributed by atoms with Gasteiger partial charge in [0, 0.05) is 51.5 Å². The Morgan fingerprint density at radius 2 is 2.00 bits per heavy atom. The van der Waals surface area contributed by atoms with Gasteiger partial charge in [0.05, 0.1) is 18.4 Å². The molecule has 0 unspecified atom stereocenters. The van der Waals surface area contributed by atoms with Gasteiger partial charge < -0.3 is 20.2 Å². The van der Waals surface area contributed by atoms with Crippen LogP contribution in [0.1, 0.15) is 12.5 Å². The summed E-state index contributed by atoms with van der Waals surface area (Å²) in [6, 6.07) is 7.51. The van der Waals surface area contributed by atoms with Gasteiger partial charge in [0.1, 0.15) is 5.75 Å². The van der Waals surface area contributed by atoms with Crippen LogP contribution in [-0.4, -0.2) is 58.5 Å². The fourth-order valence-electron chi connectivity index (χ4n) is 3.04. The monoisotopic (exact) mass is 342 g/mol. The second-order valence-corrected chi connectivity index (χ2v) is 6.16. The van der Waals surface area contributed by atoms with E-state index < -0.39 is 0 Å². The molecule has 0 atom stereocenters. The molecular weight excluding hydrogens is 316 g/mol. The van der Waals surface area contributed by atoms with E-state index in [2.05, 4.69) is 27.1 Å². The van der Waals surface area contributed by atoms with Gasteiger partial charge >= 0.3 is 0 Å². The number of aliphatic imine (C=N–C) groups is 1. The minimum absolute atomic E-state index is 0.341. The molecule has 7 nitrogen and oxygen atoms in total. The molecule has 1 saturated heterocycles. The number of hydrogen-bond acceptors (Lipinski definition) is 4. The number of aromatic nitrogens is 2. The quantitative estimate of drug-likeness (QED) is 0.650. The molecule has 134 valence electrons. The van der Waals surface area contributed by atoms with Crippen LogP contribution in [0.25, 0.3) is 0 Å². The highest BCUT2D eigenvalue weighted by molar-refractivity contribution is 5.80. The summed E-state index contributed by atoms with van der Waals surface area (Å²) in [5.41, 5.74) is 2.00. The third kappa shape index (κ3) is 4.23. The van der Waals surface area contributed by atoms with Crippen molar-refractivity contribution in [1.82, 2.24) is 20.0 Å². The Morgan fingerprint density at radius 1 is 1.24 bits per heavy atom. The van der Waals surface area contributed by atoms with Gasteiger partial charge in [0.25, 0.3) is 0 Å². The number of rotatable bonds is 4. The van der Waals surface area contributed by atoms with Crippen molar-refractivity contribution in [2.45, 2.75) is 13.5 Å². The van der Waals surface area contributed by atoms with Crippen LogP contribution in [0.2, 0.25) is 0 Å². The largest absolute Gasteiger partial charge is 0.506 e. The van der Waals surface area contributed by atoms with E-state index in [4.69, 9.17) is 4.99 Å². The van der Waals surface area contributed by atoms with Crippen molar-refractivity contribution in [3.8, 4) is 5.75 Å². The van der Waals surface area contributed by atoms with Crippen molar-refractivity contribution >= 4 is 11.6 Å². The van der Waals surface area contributed by atoms with Gasteiger partial charge in [0.15, 0.2) is 5.96 Å². The van der Waals surface area contributed by atoms with Crippen molar-refractivity contribution < 1.29 is 5.11 Å². The number of phenolic OH excluding ortho intramolecular Hbond substituents is 1. The number of nitrogens with one attached hydrogen (secondary N) is 1. The average molecular weight is 342 g/mol. The first-order valence-electron chi connectivity index (χ1n) is 8.71. The van der Waals surface area contributed by atoms with Gasteiger partial charge in [-0.2, -0.15) is 5.10 Å². The Kier molecular flexibility index (Phi) is 5.42. The lowest BCUT2D eigenvalue weighted by atomic mass is 10.2. The van der Waals surface area contributed by atoms with E-state index in [1.54, 1.807) is 10.7 Å². The molecule has 1 aliphatic rings. The number of anilines is 1. The Morgan fingerprint density at radius 3 is 2.64 bits per heavy atom. The molecule has 1 aliphatic heterocycles. The van der Waals surface area contributed by atoms with Crippen LogP contribution in [0.5, 0.6) is 5.75 Å². The van der Waals surface area contributed by atoms with Crippen LogP contribution >= 0.6 is 0 Å². The number of nitrogens with zero attached hydrogens (tertiary/aromatic N) is 5. The molecular formula is C18H26N6O. The van der Waals surface area contributed by atoms with Crippen LogP contribution < -0.4 is 10.2 Å². The molecule has 0 aliphatic carbocycles. The SMILES string of the molecule is CCNC(=NCc1cnn(C)c1)N1CCN(c2ccccc2O)CC1. The number of para-hydroxylation sites is 2. The second kappa shape index (κ2) is 7.92. The highest BCUT2D eigenvalue weighted by Crippen LogP contribution is 2.27. The standard InChI is InChI=1S/C18H26N6O/c1-3-19-18(20-12-15-13-21-22(2)14-15)24-10-8-23(9-11-24)16-6-4-5-7-17(16)25/h4-7,13-14,25H,3,8-12H2,1-2H3,(H,19,20). The predicted molar refractivity (Wildman–Crippen MR) is 99.9 cm³/mol. The van der Waals surface area contributed by atoms with E-state index in [1.807, 2.05) is 37.6 Å². The maximum absolute atomic E-state index is 10.0. The van der Waals surface area contributed by atoms with Crippen LogP contribution in [0.15, 0.2) is 41.7 Å². The molecule has 0 bridgehead atoms. The van der Waals surface area contributed by atoms with Crippen LogP contribution in [-0.2, 0) is 13.6 Å². The summed E-state index contributed by atoms with van der Waals surface area (Å²) in [6.45, 7) is 6.99. The van der Waals surface area contributed by atoms with Gasteiger partial charge in [-0.15, -0.1) is 0 Å². The number of guanidine groups is 1. The maximum Gasteiger partial charge on any atom is 0.194 e. The first-order chi connectivity index (χ1) is 12.2. The van der Waals surface area contributed by atoms with Crippen LogP contribution in [0.4, 0.5) is 5.69 Å². The zero-order valence-corrected chi connectivity index (χ0v) is 14.9. The first-order valence-corrected chi connectivity index (χ1v) is 8.71. The fraction of sp³-hybridized carbons (Fsp3) is 0.444. The molecule has 25 heavy (non-hydrogen) atoms. The molecule has 2 aromatic rings. The summed E-state index contributed by atoms with van der Waals surface area (Å²) >= 11 is 0. The van der Waals surface area contributed by atoms with Gasteiger partial charge in [-0.05, 0) is 19.1 Å². The summed E-state index contributed by atoms with van der Waals surface area (Å²) < 4.78 is 1.79. The summed E-state index contributed by atoms with van der Waals surface area (Å²) in [5.74, 6) is 1.27. The molecule has 0 spiro atoms. The zero-order chi connectivity index (χ0) is 17.6. The van der Waals surface area contributed by atoms with E-state index in [9.17, 15) is 5.11 Å². The molecule has 2 N–H and O–H groups in total. The van der Waals surface area contributed by atoms with Gasteiger partial charge in [-0.25, -0.2) is 4.99 Å². The number of aryl methyl sites for hydroxylation is 1. The summed E-state index contributed by atoms with van der Waals surface area (Å²) in [7, 11) is 1.91. The van der Waals surface area contributed by atoms with Gasteiger partial charge in [-0.1, -0.05) is 12.1 Å². The zero-order valence-electron chi connectivity index (χ0n) is 14.9. The highest BCUT2D eigenvalue weighted by atomic mass is 16.3. The minimum Gasteiger partial charge on any atom is -0.506 e. The molecule has 0 amide bonds. The number of aromatic hydroxyl groups is 1. The first kappa shape index (κ1) is 17.1. The lowest BCUT2D eigenvalue weighted by molar-refractivity contribution is 0.369. The van der Waals surface area contributed by atoms with Crippen LogP contribution in [0.3, 0.4) is 0 Å². The number of hydrogen-bond donors (Lipinski definition) is 2. The molecule has 1 fully saturated rings. The molecule has 7 heteroatoms. The number of piperazine rings is 1. The molecule has 0 radical (unpaired) electrons. The predicted octanol–water partition coefficient (Wildman–Crippen LogP) is 1.41. The fourth-order valence-corrected chi connectivity index (χ4v) is 3.04. The average Bonchev–Trinajstić information content (AvgIpc) is 3.05. The van der Waals surface area contributed by atoms with E-state index in [0.29, 0.717) is 12.3 Å². The minimum atomic E-state index is 0.341. The Balaban J connectivity index is 1.63. The normalized spacial score (nSPS) is 15.5. The third-order valence-corrected chi connectivity index (χ3v) is 4.31. The molecule has 2 heterocycles. The molecule has 3 rings (SSSR count). The summed E-state index contributed by atoms with van der Waals surface area (Å²) in [5, 5.41) is 17.6. The van der Waals surface area contributed by atoms with Crippen molar-refractivity contribution in [1.29, 1.82) is 0 Å². The van der Waals surface area contributed by atoms with Crippen molar-refractivity contribution in [3.63, 3.8) is 0 Å². The number of phenols is 1. The lowest BCUT2D eigenvalue weighted by Crippen LogP contribution is -2.52. The van der Waals surface area contributed by atoms with E-state index in [0.717, 1.165) is 49.9 Å². The van der Waals surface area contributed by atoms with Crippen molar-refractivity contribution in [3.05, 3.63) is 42.2 Å². The third-order valence-electron chi connectivity index (χ3n) is 4.31. The molecule has 1 aromatic carbocycles. The van der Waals surface area contributed by atoms with Gasteiger partial charge in [-0.3, -0.25) is 4.68 Å². The van der Waals surface area contributed by atoms with Gasteiger partial charge in [0.2, 0.25) is 0 Å². The topological polar surface area (TPSA) is 68.9 Å². The molecule has 1 aromatic heterocycles. The van der Waals surface area contributed by atoms with E-state index in [-0.39, 0.29) is 0 Å². The highest BCUT2D eigenvalue weighted by Gasteiger charge is 2.21. The smallest absolute Gasteiger partial charge is 0.194 e. The van der Waals surface area contributed by atoms with Crippen LogP contribution in [0, 0.1) is 0 Å². The summed E-state index contributed by atoms with van der Waals surface area (Å²) in [4.78, 5) is 9.24. The Bertz CT molecular complexity index is 718. The Hall–Kier alpha value is -2.70. The van der Waals surface area contributed by atoms with Crippen molar-refractivity contribution in [2.75, 3.05) is 37.6 Å². The van der Waals surface area contributed by atoms with Crippen molar-refractivity contribution in [2.24, 2.45) is 12.0 Å². The molecule has 0 saturated carbocycles. The second-order valence-electron chi connectivity index (χ2n) is 6.16. The maximum atomic E-state index is 10.0. The lowest BCUT2D eigenvalue weighted by Gasteiger charge is -2.37. The summed E-state index contributed by atoms with van der Waals surface area (Å²) in [6.07, 6.45) is 3.84. The van der Waals surface area contributed by atoms with E-state index >= 15 is 0 Å². The number of benzene rings is 1. The Labute approximate surface area is 148 Å². The van der Waals surface area contributed by atoms with E-state index in [1.165, 1.54) is 0 Å².